The second-order valence-corrected chi connectivity index (χ2v) is 11.7. The fraction of sp³-hybridized carbons (Fsp3) is 0.733. The lowest BCUT2D eigenvalue weighted by Crippen LogP contribution is -2.54. The van der Waals surface area contributed by atoms with Gasteiger partial charge in [-0.1, -0.05) is 67.4 Å². The van der Waals surface area contributed by atoms with Gasteiger partial charge in [-0.25, -0.2) is 0 Å². The molecule has 4 atom stereocenters. The van der Waals surface area contributed by atoms with Gasteiger partial charge in [0.25, 0.3) is 0 Å². The molecule has 1 saturated carbocycles. The molecule has 1 heteroatoms. The minimum atomic E-state index is -0.154. The van der Waals surface area contributed by atoms with Crippen molar-refractivity contribution in [3.8, 4) is 0 Å². The molecule has 176 valence electrons. The SMILES string of the molecule is CC(C)=CCC/C(C)=C/CC/C(C)=C/CC[C@H]1C(C)=CC[C@@H]2C(C)(C)[C@@H](O)CC[C@@]21C. The van der Waals surface area contributed by atoms with Crippen LogP contribution < -0.4 is 0 Å². The first kappa shape index (κ1) is 26.2. The summed E-state index contributed by atoms with van der Waals surface area (Å²) in [7, 11) is 0. The molecule has 1 N–H and O–H groups in total. The number of rotatable bonds is 9. The lowest BCUT2D eigenvalue weighted by atomic mass is 9.47. The lowest BCUT2D eigenvalue weighted by Gasteiger charge is -2.58. The molecule has 2 aliphatic carbocycles. The van der Waals surface area contributed by atoms with Crippen molar-refractivity contribution in [3.05, 3.63) is 46.6 Å². The van der Waals surface area contributed by atoms with Crippen LogP contribution in [0.2, 0.25) is 0 Å². The molecule has 0 aliphatic heterocycles. The van der Waals surface area contributed by atoms with E-state index in [1.165, 1.54) is 48.8 Å². The maximum absolute atomic E-state index is 10.6. The Kier molecular flexibility index (Phi) is 9.43. The monoisotopic (exact) mass is 426 g/mol. The van der Waals surface area contributed by atoms with E-state index < -0.39 is 0 Å². The van der Waals surface area contributed by atoms with E-state index in [1.807, 2.05) is 0 Å². The number of aliphatic hydroxyl groups is 1. The highest BCUT2D eigenvalue weighted by Crippen LogP contribution is 2.60. The van der Waals surface area contributed by atoms with Crippen LogP contribution in [0.15, 0.2) is 46.6 Å². The van der Waals surface area contributed by atoms with E-state index in [-0.39, 0.29) is 11.5 Å². The highest BCUT2D eigenvalue weighted by Gasteiger charge is 2.54. The zero-order valence-electron chi connectivity index (χ0n) is 21.9. The van der Waals surface area contributed by atoms with Gasteiger partial charge < -0.3 is 5.11 Å². The summed E-state index contributed by atoms with van der Waals surface area (Å²) in [6, 6.07) is 0. The van der Waals surface area contributed by atoms with Gasteiger partial charge in [0.2, 0.25) is 0 Å². The van der Waals surface area contributed by atoms with E-state index in [0.717, 1.165) is 25.7 Å². The third kappa shape index (κ3) is 6.70. The van der Waals surface area contributed by atoms with Crippen molar-refractivity contribution < 1.29 is 5.11 Å². The van der Waals surface area contributed by atoms with Crippen LogP contribution in [-0.2, 0) is 0 Å². The van der Waals surface area contributed by atoms with Crippen LogP contribution in [-0.4, -0.2) is 11.2 Å². The Morgan fingerprint density at radius 1 is 0.968 bits per heavy atom. The van der Waals surface area contributed by atoms with Crippen molar-refractivity contribution in [2.75, 3.05) is 0 Å². The summed E-state index contributed by atoms with van der Waals surface area (Å²) in [5.41, 5.74) is 6.41. The summed E-state index contributed by atoms with van der Waals surface area (Å²) < 4.78 is 0. The minimum Gasteiger partial charge on any atom is -0.393 e. The molecule has 2 aliphatic rings. The second-order valence-electron chi connectivity index (χ2n) is 11.7. The maximum atomic E-state index is 10.6. The number of aliphatic hydroxyl groups excluding tert-OH is 1. The van der Waals surface area contributed by atoms with Gasteiger partial charge in [0, 0.05) is 0 Å². The topological polar surface area (TPSA) is 20.2 Å². The Labute approximate surface area is 193 Å². The Morgan fingerprint density at radius 2 is 1.55 bits per heavy atom. The molecule has 0 aromatic heterocycles. The van der Waals surface area contributed by atoms with E-state index in [4.69, 9.17) is 0 Å². The van der Waals surface area contributed by atoms with Gasteiger partial charge in [0.15, 0.2) is 0 Å². The summed E-state index contributed by atoms with van der Waals surface area (Å²) in [4.78, 5) is 0. The number of allylic oxidation sites excluding steroid dienone is 8. The van der Waals surface area contributed by atoms with E-state index in [1.54, 1.807) is 5.57 Å². The van der Waals surface area contributed by atoms with E-state index in [9.17, 15) is 5.11 Å². The molecule has 0 spiro atoms. The molecule has 0 saturated heterocycles. The van der Waals surface area contributed by atoms with Crippen LogP contribution in [0.3, 0.4) is 0 Å². The molecule has 0 bridgehead atoms. The Hall–Kier alpha value is -1.08. The first-order valence-electron chi connectivity index (χ1n) is 12.8. The molecule has 1 nitrogen and oxygen atoms in total. The van der Waals surface area contributed by atoms with Crippen LogP contribution in [0, 0.1) is 22.7 Å². The zero-order chi connectivity index (χ0) is 23.2. The Morgan fingerprint density at radius 3 is 2.16 bits per heavy atom. The van der Waals surface area contributed by atoms with Crippen molar-refractivity contribution in [1.29, 1.82) is 0 Å². The molecule has 0 amide bonds. The van der Waals surface area contributed by atoms with Gasteiger partial charge in [0.1, 0.15) is 0 Å². The lowest BCUT2D eigenvalue weighted by molar-refractivity contribution is -0.115. The highest BCUT2D eigenvalue weighted by atomic mass is 16.3. The smallest absolute Gasteiger partial charge is 0.0594 e. The predicted octanol–water partition coefficient (Wildman–Crippen LogP) is 8.96. The Balaban J connectivity index is 1.90. The van der Waals surface area contributed by atoms with E-state index in [2.05, 4.69) is 79.7 Å². The van der Waals surface area contributed by atoms with Crippen molar-refractivity contribution in [2.45, 2.75) is 119 Å². The highest BCUT2D eigenvalue weighted by molar-refractivity contribution is 5.19. The second kappa shape index (κ2) is 11.2. The zero-order valence-corrected chi connectivity index (χ0v) is 21.9. The van der Waals surface area contributed by atoms with Crippen LogP contribution in [0.4, 0.5) is 0 Å². The third-order valence-corrected chi connectivity index (χ3v) is 8.60. The summed E-state index contributed by atoms with van der Waals surface area (Å²) in [6.45, 7) is 18.4. The van der Waals surface area contributed by atoms with Crippen LogP contribution >= 0.6 is 0 Å². The van der Waals surface area contributed by atoms with Crippen molar-refractivity contribution >= 4 is 0 Å². The van der Waals surface area contributed by atoms with Gasteiger partial charge in [0.05, 0.1) is 6.10 Å². The summed E-state index contributed by atoms with van der Waals surface area (Å²) in [5, 5.41) is 10.6. The fourth-order valence-electron chi connectivity index (χ4n) is 6.42. The molecular formula is C30H50O. The number of hydrogen-bond acceptors (Lipinski definition) is 1. The molecule has 1 fully saturated rings. The standard InChI is InChI=1S/C30H50O/c1-22(2)12-9-13-23(3)14-10-15-24(4)16-11-17-26-25(5)18-19-27-29(6,7)28(31)20-21-30(26,27)8/h12,14,16,18,26-28,31H,9-11,13,15,17,19-21H2,1-8H3/b23-14+,24-16+/t26-,27+,28-,30+/m0/s1. The van der Waals surface area contributed by atoms with Gasteiger partial charge in [-0.15, -0.1) is 0 Å². The van der Waals surface area contributed by atoms with Gasteiger partial charge in [-0.2, -0.15) is 0 Å². The number of fused-ring (bicyclic) bond motifs is 1. The van der Waals surface area contributed by atoms with Crippen LogP contribution in [0.5, 0.6) is 0 Å². The normalized spacial score (nSPS) is 31.1. The average molecular weight is 427 g/mol. The molecule has 0 radical (unpaired) electrons. The van der Waals surface area contributed by atoms with E-state index in [0.29, 0.717) is 17.3 Å². The van der Waals surface area contributed by atoms with Crippen molar-refractivity contribution in [1.82, 2.24) is 0 Å². The first-order valence-corrected chi connectivity index (χ1v) is 12.8. The molecule has 31 heavy (non-hydrogen) atoms. The van der Waals surface area contributed by atoms with E-state index >= 15 is 0 Å². The maximum Gasteiger partial charge on any atom is 0.0594 e. The largest absolute Gasteiger partial charge is 0.393 e. The van der Waals surface area contributed by atoms with Gasteiger partial charge in [-0.05, 0) is 115 Å². The molecule has 0 aromatic rings. The van der Waals surface area contributed by atoms with Crippen LogP contribution in [0.25, 0.3) is 0 Å². The number of hydrogen-bond donors (Lipinski definition) is 1. The average Bonchev–Trinajstić information content (AvgIpc) is 2.67. The summed E-state index contributed by atoms with van der Waals surface area (Å²) >= 11 is 0. The van der Waals surface area contributed by atoms with Crippen molar-refractivity contribution in [3.63, 3.8) is 0 Å². The third-order valence-electron chi connectivity index (χ3n) is 8.60. The van der Waals surface area contributed by atoms with Gasteiger partial charge >= 0.3 is 0 Å². The Bertz CT molecular complexity index is 713. The molecule has 0 unspecified atom stereocenters. The minimum absolute atomic E-state index is 0.0179. The molecular weight excluding hydrogens is 376 g/mol. The van der Waals surface area contributed by atoms with Crippen molar-refractivity contribution in [2.24, 2.45) is 22.7 Å². The van der Waals surface area contributed by atoms with Crippen LogP contribution in [0.1, 0.15) is 113 Å². The predicted molar refractivity (Wildman–Crippen MR) is 137 cm³/mol. The van der Waals surface area contributed by atoms with Gasteiger partial charge in [-0.3, -0.25) is 0 Å². The molecule has 0 aromatic carbocycles. The molecule has 2 rings (SSSR count). The summed E-state index contributed by atoms with van der Waals surface area (Å²) in [6.07, 6.45) is 20.0. The molecule has 0 heterocycles. The first-order chi connectivity index (χ1) is 14.5. The summed E-state index contributed by atoms with van der Waals surface area (Å²) in [5.74, 6) is 1.24. The quantitative estimate of drug-likeness (QED) is 0.365. The fourth-order valence-corrected chi connectivity index (χ4v) is 6.42.